The van der Waals surface area contributed by atoms with Gasteiger partial charge in [0, 0.05) is 11.6 Å². The van der Waals surface area contributed by atoms with Crippen LogP contribution in [0.1, 0.15) is 27.2 Å². The molecule has 0 radical (unpaired) electrons. The fourth-order valence-corrected chi connectivity index (χ4v) is 5.97. The molecule has 0 bridgehead atoms. The zero-order chi connectivity index (χ0) is 15.0. The first kappa shape index (κ1) is 16.4. The van der Waals surface area contributed by atoms with E-state index in [1.165, 1.54) is 0 Å². The van der Waals surface area contributed by atoms with Gasteiger partial charge in [0.15, 0.2) is 0 Å². The van der Waals surface area contributed by atoms with Crippen LogP contribution in [0.4, 0.5) is 0 Å². The summed E-state index contributed by atoms with van der Waals surface area (Å²) < 4.78 is 0. The van der Waals surface area contributed by atoms with E-state index in [2.05, 4.69) is 19.7 Å². The third-order valence-corrected chi connectivity index (χ3v) is 7.17. The van der Waals surface area contributed by atoms with Gasteiger partial charge in [0.2, 0.25) is 5.91 Å². The number of hydrogen-bond donors (Lipinski definition) is 2. The maximum absolute atomic E-state index is 12.7. The van der Waals surface area contributed by atoms with E-state index >= 15 is 0 Å². The molecule has 0 aromatic rings. The van der Waals surface area contributed by atoms with Gasteiger partial charge in [0.05, 0.1) is 26.5 Å². The highest BCUT2D eigenvalue weighted by Gasteiger charge is 2.67. The lowest BCUT2D eigenvalue weighted by molar-refractivity contribution is -0.174. The number of rotatable bonds is 5. The standard InChI is InChI=1S/C14H27NO3Si/c1-7-8-10-14(19(5)6,11(17)9-16)12(18)15(10)13(2,3)4/h7,10-11,16-17,19H,1,8-9H2,2-6H3. The molecular weight excluding hydrogens is 258 g/mol. The van der Waals surface area contributed by atoms with Crippen LogP contribution in [0.25, 0.3) is 0 Å². The molecule has 0 aromatic carbocycles. The molecule has 1 amide bonds. The van der Waals surface area contributed by atoms with Crippen molar-refractivity contribution in [2.24, 2.45) is 0 Å². The molecule has 4 nitrogen and oxygen atoms in total. The molecular formula is C14H27NO3Si. The smallest absolute Gasteiger partial charge is 0.231 e. The second-order valence-electron chi connectivity index (χ2n) is 6.67. The molecule has 1 aliphatic heterocycles. The van der Waals surface area contributed by atoms with Crippen molar-refractivity contribution < 1.29 is 15.0 Å². The van der Waals surface area contributed by atoms with Crippen molar-refractivity contribution in [2.75, 3.05) is 6.61 Å². The Bertz CT molecular complexity index is 364. The van der Waals surface area contributed by atoms with Crippen LogP contribution >= 0.6 is 0 Å². The fraction of sp³-hybridized carbons (Fsp3) is 0.786. The maximum atomic E-state index is 12.7. The van der Waals surface area contributed by atoms with Gasteiger partial charge >= 0.3 is 0 Å². The average molecular weight is 285 g/mol. The summed E-state index contributed by atoms with van der Waals surface area (Å²) in [6.45, 7) is 13.5. The van der Waals surface area contributed by atoms with Crippen molar-refractivity contribution in [1.82, 2.24) is 4.90 Å². The monoisotopic (exact) mass is 285 g/mol. The molecule has 1 rings (SSSR count). The van der Waals surface area contributed by atoms with Crippen molar-refractivity contribution in [1.29, 1.82) is 0 Å². The molecule has 3 atom stereocenters. The summed E-state index contributed by atoms with van der Waals surface area (Å²) in [6.07, 6.45) is 1.49. The second-order valence-corrected chi connectivity index (χ2v) is 9.94. The van der Waals surface area contributed by atoms with Gasteiger partial charge in [-0.25, -0.2) is 0 Å². The van der Waals surface area contributed by atoms with Gasteiger partial charge in [0.1, 0.15) is 0 Å². The van der Waals surface area contributed by atoms with Gasteiger partial charge in [-0.2, -0.15) is 0 Å². The van der Waals surface area contributed by atoms with Crippen LogP contribution in [0.15, 0.2) is 12.7 Å². The third kappa shape index (κ3) is 2.28. The Morgan fingerprint density at radius 1 is 1.53 bits per heavy atom. The van der Waals surface area contributed by atoms with Crippen LogP contribution in [0.5, 0.6) is 0 Å². The zero-order valence-corrected chi connectivity index (χ0v) is 13.8. The summed E-state index contributed by atoms with van der Waals surface area (Å²) in [5.74, 6) is -0.00457. The quantitative estimate of drug-likeness (QED) is 0.452. The molecule has 2 N–H and O–H groups in total. The van der Waals surface area contributed by atoms with E-state index in [-0.39, 0.29) is 24.1 Å². The number of carbonyl (C=O) groups excluding carboxylic acids is 1. The second kappa shape index (κ2) is 5.38. The fourth-order valence-electron chi connectivity index (χ4n) is 3.40. The van der Waals surface area contributed by atoms with E-state index in [1.54, 1.807) is 6.08 Å². The first-order valence-corrected chi connectivity index (χ1v) is 9.77. The number of carbonyl (C=O) groups is 1. The molecule has 19 heavy (non-hydrogen) atoms. The molecule has 110 valence electrons. The number of aliphatic hydroxyl groups excluding tert-OH is 2. The highest BCUT2D eigenvalue weighted by molar-refractivity contribution is 6.66. The average Bonchev–Trinajstić information content (AvgIpc) is 2.26. The number of likely N-dealkylation sites (tertiary alicyclic amines) is 1. The first-order chi connectivity index (χ1) is 8.65. The van der Waals surface area contributed by atoms with Gasteiger partial charge in [-0.1, -0.05) is 19.2 Å². The number of hydrogen-bond acceptors (Lipinski definition) is 3. The van der Waals surface area contributed by atoms with Crippen LogP contribution in [-0.4, -0.2) is 54.1 Å². The van der Waals surface area contributed by atoms with E-state index in [0.717, 1.165) is 0 Å². The van der Waals surface area contributed by atoms with Crippen LogP contribution in [0.3, 0.4) is 0 Å². The van der Waals surface area contributed by atoms with Crippen molar-refractivity contribution in [3.63, 3.8) is 0 Å². The van der Waals surface area contributed by atoms with Gasteiger partial charge in [0.25, 0.3) is 0 Å². The largest absolute Gasteiger partial charge is 0.394 e. The summed E-state index contributed by atoms with van der Waals surface area (Å²) in [4.78, 5) is 14.6. The Balaban J connectivity index is 3.25. The molecule has 0 saturated carbocycles. The Labute approximate surface area is 117 Å². The summed E-state index contributed by atoms with van der Waals surface area (Å²) in [5, 5.41) is 18.9. The minimum absolute atomic E-state index is 0.00457. The Morgan fingerprint density at radius 3 is 2.37 bits per heavy atom. The minimum Gasteiger partial charge on any atom is -0.394 e. The molecule has 5 heteroatoms. The maximum Gasteiger partial charge on any atom is 0.231 e. The Morgan fingerprint density at radius 2 is 2.05 bits per heavy atom. The highest BCUT2D eigenvalue weighted by atomic mass is 28.3. The number of amides is 1. The van der Waals surface area contributed by atoms with E-state index in [1.807, 2.05) is 25.7 Å². The Kier molecular flexibility index (Phi) is 4.65. The molecule has 1 heterocycles. The molecule has 1 saturated heterocycles. The first-order valence-electron chi connectivity index (χ1n) is 6.89. The van der Waals surface area contributed by atoms with Gasteiger partial charge < -0.3 is 15.1 Å². The van der Waals surface area contributed by atoms with E-state index in [0.29, 0.717) is 6.42 Å². The van der Waals surface area contributed by atoms with Crippen molar-refractivity contribution in [2.45, 2.75) is 63.0 Å². The van der Waals surface area contributed by atoms with Crippen molar-refractivity contribution >= 4 is 14.7 Å². The van der Waals surface area contributed by atoms with Crippen LogP contribution < -0.4 is 0 Å². The molecule has 3 unspecified atom stereocenters. The van der Waals surface area contributed by atoms with Crippen LogP contribution in [0, 0.1) is 0 Å². The number of β-lactam (4-membered cyclic amide) rings is 1. The van der Waals surface area contributed by atoms with Crippen LogP contribution in [0.2, 0.25) is 18.1 Å². The van der Waals surface area contributed by atoms with Crippen LogP contribution in [-0.2, 0) is 4.79 Å². The molecule has 0 spiro atoms. The summed E-state index contributed by atoms with van der Waals surface area (Å²) in [5.41, 5.74) is -0.271. The molecule has 1 aliphatic rings. The van der Waals surface area contributed by atoms with Gasteiger partial charge in [-0.3, -0.25) is 4.79 Å². The highest BCUT2D eigenvalue weighted by Crippen LogP contribution is 2.55. The lowest BCUT2D eigenvalue weighted by Crippen LogP contribution is -2.76. The summed E-state index contributed by atoms with van der Waals surface area (Å²) >= 11 is 0. The van der Waals surface area contributed by atoms with E-state index in [4.69, 9.17) is 0 Å². The molecule has 0 aromatic heterocycles. The molecule has 1 fully saturated rings. The SMILES string of the molecule is C=CCC1N(C(C)(C)C)C(=O)C1(C(O)CO)[SiH](C)C. The number of aliphatic hydroxyl groups is 2. The summed E-state index contributed by atoms with van der Waals surface area (Å²) in [7, 11) is -1.50. The molecule has 0 aliphatic carbocycles. The zero-order valence-electron chi connectivity index (χ0n) is 12.7. The predicted molar refractivity (Wildman–Crippen MR) is 79.9 cm³/mol. The van der Waals surface area contributed by atoms with E-state index < -0.39 is 19.9 Å². The normalized spacial score (nSPS) is 29.4. The summed E-state index contributed by atoms with van der Waals surface area (Å²) in [6, 6.07) is -0.0497. The predicted octanol–water partition coefficient (Wildman–Crippen LogP) is 1.15. The van der Waals surface area contributed by atoms with Gasteiger partial charge in [-0.15, -0.1) is 6.58 Å². The van der Waals surface area contributed by atoms with Crippen molar-refractivity contribution in [3.8, 4) is 0 Å². The topological polar surface area (TPSA) is 60.8 Å². The van der Waals surface area contributed by atoms with Crippen molar-refractivity contribution in [3.05, 3.63) is 12.7 Å². The lowest BCUT2D eigenvalue weighted by atomic mass is 9.76. The van der Waals surface area contributed by atoms with Gasteiger partial charge in [-0.05, 0) is 27.2 Å². The minimum atomic E-state index is -1.50. The third-order valence-electron chi connectivity index (χ3n) is 4.24. The lowest BCUT2D eigenvalue weighted by Gasteiger charge is -2.63. The van der Waals surface area contributed by atoms with E-state index in [9.17, 15) is 15.0 Å². The number of nitrogens with zero attached hydrogens (tertiary/aromatic N) is 1. The Hall–Kier alpha value is -0.653.